The second-order valence-corrected chi connectivity index (χ2v) is 8.33. The van der Waals surface area contributed by atoms with Crippen molar-refractivity contribution in [2.24, 2.45) is 0 Å². The molecule has 3 rings (SSSR count). The third-order valence-electron chi connectivity index (χ3n) is 3.81. The number of hydrogen-bond acceptors (Lipinski definition) is 5. The summed E-state index contributed by atoms with van der Waals surface area (Å²) in [4.78, 5) is 18.4. The van der Waals surface area contributed by atoms with E-state index in [9.17, 15) is 4.79 Å². The number of carbonyl (C=O) groups excluding carboxylic acids is 1. The summed E-state index contributed by atoms with van der Waals surface area (Å²) in [6.07, 6.45) is 4.17. The number of H-pyrrole nitrogens is 1. The summed E-state index contributed by atoms with van der Waals surface area (Å²) in [6, 6.07) is 0. The molecule has 2 heterocycles. The van der Waals surface area contributed by atoms with Crippen LogP contribution in [0.4, 0.5) is 4.79 Å². The molecule has 22 heavy (non-hydrogen) atoms. The summed E-state index contributed by atoms with van der Waals surface area (Å²) in [7, 11) is 0. The summed E-state index contributed by atoms with van der Waals surface area (Å²) in [5.41, 5.74) is -0.430. The predicted octanol–water partition coefficient (Wildman–Crippen LogP) is 3.17. The zero-order valence-electron chi connectivity index (χ0n) is 13.5. The van der Waals surface area contributed by atoms with E-state index < -0.39 is 5.60 Å². The van der Waals surface area contributed by atoms with E-state index in [1.807, 2.05) is 20.8 Å². The van der Waals surface area contributed by atoms with Gasteiger partial charge in [0.05, 0.1) is 0 Å². The van der Waals surface area contributed by atoms with E-state index >= 15 is 0 Å². The lowest BCUT2D eigenvalue weighted by molar-refractivity contribution is 0.0219. The van der Waals surface area contributed by atoms with E-state index in [1.54, 1.807) is 16.7 Å². The molecular weight excluding hydrogens is 300 g/mol. The molecule has 1 aliphatic carbocycles. The quantitative estimate of drug-likeness (QED) is 0.924. The Kier molecular flexibility index (Phi) is 4.34. The smallest absolute Gasteiger partial charge is 0.410 e. The third-order valence-corrected chi connectivity index (χ3v) is 5.01. The fourth-order valence-corrected chi connectivity index (χ4v) is 3.48. The van der Waals surface area contributed by atoms with Crippen LogP contribution in [-0.4, -0.2) is 50.1 Å². The van der Waals surface area contributed by atoms with Crippen LogP contribution in [0.25, 0.3) is 0 Å². The number of ether oxygens (including phenoxy) is 1. The van der Waals surface area contributed by atoms with E-state index in [2.05, 4.69) is 15.2 Å². The van der Waals surface area contributed by atoms with Crippen molar-refractivity contribution in [3.63, 3.8) is 0 Å². The van der Waals surface area contributed by atoms with Crippen LogP contribution >= 0.6 is 11.8 Å². The highest BCUT2D eigenvalue weighted by Gasteiger charge is 2.30. The number of nitrogens with zero attached hydrogens (tertiary/aromatic N) is 3. The zero-order chi connectivity index (χ0) is 15.7. The molecule has 2 fully saturated rings. The molecule has 2 aliphatic rings. The van der Waals surface area contributed by atoms with Gasteiger partial charge in [0.2, 0.25) is 5.16 Å². The molecule has 1 aromatic rings. The highest BCUT2D eigenvalue weighted by Crippen LogP contribution is 2.39. The lowest BCUT2D eigenvalue weighted by Gasteiger charge is -2.32. The van der Waals surface area contributed by atoms with Crippen molar-refractivity contribution in [3.05, 3.63) is 5.82 Å². The Morgan fingerprint density at radius 3 is 2.55 bits per heavy atom. The Labute approximate surface area is 135 Å². The lowest BCUT2D eigenvalue weighted by atomic mass is 10.1. The zero-order valence-corrected chi connectivity index (χ0v) is 14.3. The Balaban J connectivity index is 1.45. The Morgan fingerprint density at radius 2 is 1.95 bits per heavy atom. The van der Waals surface area contributed by atoms with Gasteiger partial charge in [-0.15, -0.1) is 5.10 Å². The highest BCUT2D eigenvalue weighted by molar-refractivity contribution is 7.99. The first-order chi connectivity index (χ1) is 10.4. The summed E-state index contributed by atoms with van der Waals surface area (Å²) in [6.45, 7) is 7.18. The van der Waals surface area contributed by atoms with Crippen molar-refractivity contribution in [2.45, 2.75) is 68.4 Å². The van der Waals surface area contributed by atoms with Gasteiger partial charge in [0.1, 0.15) is 11.4 Å². The summed E-state index contributed by atoms with van der Waals surface area (Å²) in [5.74, 6) is 1.64. The standard InChI is InChI=1S/C15H24N4O2S/c1-15(2,3)21-14(20)19-8-6-11(7-9-19)22-13-16-12(17-18-13)10-4-5-10/h10-11H,4-9H2,1-3H3,(H,16,17,18). The molecule has 0 spiro atoms. The van der Waals surface area contributed by atoms with Gasteiger partial charge in [-0.2, -0.15) is 0 Å². The fourth-order valence-electron chi connectivity index (χ4n) is 2.48. The molecule has 7 heteroatoms. The molecule has 0 bridgehead atoms. The summed E-state index contributed by atoms with van der Waals surface area (Å²) in [5, 5.41) is 8.66. The molecule has 0 atom stereocenters. The van der Waals surface area contributed by atoms with E-state index in [4.69, 9.17) is 4.74 Å². The van der Waals surface area contributed by atoms with Gasteiger partial charge < -0.3 is 9.64 Å². The van der Waals surface area contributed by atoms with Gasteiger partial charge in [-0.3, -0.25) is 5.10 Å². The van der Waals surface area contributed by atoms with Crippen LogP contribution in [0.3, 0.4) is 0 Å². The number of aromatic nitrogens is 3. The molecule has 1 N–H and O–H groups in total. The largest absolute Gasteiger partial charge is 0.444 e. The maximum atomic E-state index is 12.0. The minimum absolute atomic E-state index is 0.204. The monoisotopic (exact) mass is 324 g/mol. The van der Waals surface area contributed by atoms with Gasteiger partial charge >= 0.3 is 6.09 Å². The number of aromatic amines is 1. The van der Waals surface area contributed by atoms with Crippen LogP contribution < -0.4 is 0 Å². The lowest BCUT2D eigenvalue weighted by Crippen LogP contribution is -2.42. The van der Waals surface area contributed by atoms with E-state index in [0.29, 0.717) is 11.2 Å². The third kappa shape index (κ3) is 4.15. The average Bonchev–Trinajstić information content (AvgIpc) is 3.19. The topological polar surface area (TPSA) is 71.1 Å². The minimum atomic E-state index is -0.430. The van der Waals surface area contributed by atoms with Crippen molar-refractivity contribution in [2.75, 3.05) is 13.1 Å². The van der Waals surface area contributed by atoms with Gasteiger partial charge in [-0.1, -0.05) is 11.8 Å². The molecule has 0 unspecified atom stereocenters. The number of hydrogen-bond donors (Lipinski definition) is 1. The second kappa shape index (κ2) is 6.10. The Bertz CT molecular complexity index is 528. The van der Waals surface area contributed by atoms with Gasteiger partial charge in [0.15, 0.2) is 0 Å². The van der Waals surface area contributed by atoms with Crippen molar-refractivity contribution in [1.29, 1.82) is 0 Å². The highest BCUT2D eigenvalue weighted by atomic mass is 32.2. The fraction of sp³-hybridized carbons (Fsp3) is 0.800. The van der Waals surface area contributed by atoms with E-state index in [-0.39, 0.29) is 6.09 Å². The van der Waals surface area contributed by atoms with Crippen LogP contribution in [0.2, 0.25) is 0 Å². The number of likely N-dealkylation sites (tertiary alicyclic amines) is 1. The van der Waals surface area contributed by atoms with Crippen molar-refractivity contribution in [3.8, 4) is 0 Å². The maximum absolute atomic E-state index is 12.0. The van der Waals surface area contributed by atoms with Crippen LogP contribution in [-0.2, 0) is 4.74 Å². The van der Waals surface area contributed by atoms with E-state index in [1.165, 1.54) is 12.8 Å². The summed E-state index contributed by atoms with van der Waals surface area (Å²) < 4.78 is 5.42. The number of nitrogens with one attached hydrogen (secondary N) is 1. The Morgan fingerprint density at radius 1 is 1.27 bits per heavy atom. The first-order valence-electron chi connectivity index (χ1n) is 7.97. The number of piperidine rings is 1. The first-order valence-corrected chi connectivity index (χ1v) is 8.85. The van der Waals surface area contributed by atoms with Crippen LogP contribution in [0.15, 0.2) is 5.16 Å². The van der Waals surface area contributed by atoms with Crippen molar-refractivity contribution in [1.82, 2.24) is 20.1 Å². The average molecular weight is 324 g/mol. The normalized spacial score (nSPS) is 20.2. The molecule has 0 aromatic carbocycles. The van der Waals surface area contributed by atoms with Crippen molar-refractivity contribution >= 4 is 17.9 Å². The molecule has 122 valence electrons. The number of rotatable bonds is 3. The molecule has 1 aliphatic heterocycles. The second-order valence-electron chi connectivity index (χ2n) is 7.06. The van der Waals surface area contributed by atoms with Gasteiger partial charge in [-0.25, -0.2) is 9.78 Å². The van der Waals surface area contributed by atoms with Gasteiger partial charge in [-0.05, 0) is 46.5 Å². The maximum Gasteiger partial charge on any atom is 0.410 e. The first kappa shape index (κ1) is 15.6. The van der Waals surface area contributed by atoms with Crippen LogP contribution in [0, 0.1) is 0 Å². The van der Waals surface area contributed by atoms with E-state index in [0.717, 1.165) is 36.9 Å². The predicted molar refractivity (Wildman–Crippen MR) is 85.0 cm³/mol. The van der Waals surface area contributed by atoms with Crippen LogP contribution in [0.5, 0.6) is 0 Å². The number of amides is 1. The molecule has 1 saturated carbocycles. The molecule has 1 amide bonds. The van der Waals surface area contributed by atoms with Crippen molar-refractivity contribution < 1.29 is 9.53 Å². The molecule has 1 saturated heterocycles. The van der Waals surface area contributed by atoms with Gasteiger partial charge in [0, 0.05) is 24.3 Å². The molecular formula is C15H24N4O2S. The Hall–Kier alpha value is -1.24. The molecule has 6 nitrogen and oxygen atoms in total. The summed E-state index contributed by atoms with van der Waals surface area (Å²) >= 11 is 1.73. The van der Waals surface area contributed by atoms with Crippen LogP contribution in [0.1, 0.15) is 58.2 Å². The molecule has 0 radical (unpaired) electrons. The minimum Gasteiger partial charge on any atom is -0.444 e. The number of carbonyl (C=O) groups is 1. The molecule has 1 aromatic heterocycles. The van der Waals surface area contributed by atoms with Gasteiger partial charge in [0.25, 0.3) is 0 Å². The number of thioether (sulfide) groups is 1. The SMILES string of the molecule is CC(C)(C)OC(=O)N1CCC(Sc2n[nH]c(C3CC3)n2)CC1.